The van der Waals surface area contributed by atoms with Gasteiger partial charge < -0.3 is 9.13 Å². The van der Waals surface area contributed by atoms with Gasteiger partial charge in [-0.2, -0.15) is 0 Å². The van der Waals surface area contributed by atoms with Crippen molar-refractivity contribution < 1.29 is 8.42 Å². The Balaban J connectivity index is 2.04. The van der Waals surface area contributed by atoms with E-state index in [0.29, 0.717) is 21.5 Å². The van der Waals surface area contributed by atoms with E-state index in [2.05, 4.69) is 4.98 Å². The molecule has 0 aliphatic rings. The zero-order valence-corrected chi connectivity index (χ0v) is 16.7. The molecular weight excluding hydrogens is 398 g/mol. The summed E-state index contributed by atoms with van der Waals surface area (Å²) in [5.41, 5.74) is 1.81. The minimum absolute atomic E-state index is 0.0981. The quantitative estimate of drug-likeness (QED) is 0.515. The van der Waals surface area contributed by atoms with E-state index in [0.717, 1.165) is 5.56 Å². The van der Waals surface area contributed by atoms with Gasteiger partial charge in [0, 0.05) is 30.6 Å². The Morgan fingerprint density at radius 1 is 1.04 bits per heavy atom. The lowest BCUT2D eigenvalue weighted by Gasteiger charge is -2.13. The van der Waals surface area contributed by atoms with Crippen LogP contribution in [-0.4, -0.2) is 22.5 Å². The number of hydrogen-bond acceptors (Lipinski definition) is 4. The number of nitrogens with zero attached hydrogens (tertiary/aromatic N) is 3. The van der Waals surface area contributed by atoms with Gasteiger partial charge in [0.1, 0.15) is 0 Å². The zero-order valence-electron chi connectivity index (χ0n) is 15.1. The number of pyridine rings is 1. The lowest BCUT2D eigenvalue weighted by Crippen LogP contribution is -2.16. The number of aromatic nitrogens is 3. The van der Waals surface area contributed by atoms with Crippen LogP contribution in [0, 0.1) is 0 Å². The van der Waals surface area contributed by atoms with Crippen molar-refractivity contribution in [3.63, 3.8) is 0 Å². The summed E-state index contributed by atoms with van der Waals surface area (Å²) in [6.45, 7) is 0. The first-order chi connectivity index (χ1) is 13.3. The van der Waals surface area contributed by atoms with Gasteiger partial charge in [-0.3, -0.25) is 4.79 Å². The molecular formula is C20H16ClN3O3S. The third-order valence-corrected chi connectivity index (χ3v) is 6.77. The molecule has 2 aromatic heterocycles. The van der Waals surface area contributed by atoms with E-state index in [1.165, 1.54) is 33.8 Å². The third kappa shape index (κ3) is 2.93. The van der Waals surface area contributed by atoms with Gasteiger partial charge in [-0.1, -0.05) is 23.7 Å². The van der Waals surface area contributed by atoms with Gasteiger partial charge in [-0.25, -0.2) is 13.4 Å². The van der Waals surface area contributed by atoms with Crippen LogP contribution in [0.15, 0.2) is 75.8 Å². The van der Waals surface area contributed by atoms with Crippen LogP contribution in [-0.2, 0) is 23.9 Å². The fraction of sp³-hybridized carbons (Fsp3) is 0.100. The van der Waals surface area contributed by atoms with Gasteiger partial charge >= 0.3 is 0 Å². The molecule has 4 aromatic rings. The normalized spacial score (nSPS) is 11.8. The molecule has 0 unspecified atom stereocenters. The van der Waals surface area contributed by atoms with E-state index < -0.39 is 9.84 Å². The first-order valence-electron chi connectivity index (χ1n) is 8.40. The van der Waals surface area contributed by atoms with E-state index in [-0.39, 0.29) is 15.5 Å². The predicted octanol–water partition coefficient (Wildman–Crippen LogP) is 3.43. The van der Waals surface area contributed by atoms with Crippen LogP contribution in [0.5, 0.6) is 0 Å². The van der Waals surface area contributed by atoms with Gasteiger partial charge in [0.15, 0.2) is 5.03 Å². The second-order valence-corrected chi connectivity index (χ2v) is 8.82. The van der Waals surface area contributed by atoms with Crippen molar-refractivity contribution in [3.05, 3.63) is 76.4 Å². The Morgan fingerprint density at radius 3 is 2.50 bits per heavy atom. The van der Waals surface area contributed by atoms with Crippen molar-refractivity contribution in [1.82, 2.24) is 14.1 Å². The number of aryl methyl sites for hydroxylation is 2. The number of sulfone groups is 1. The van der Waals surface area contributed by atoms with Crippen molar-refractivity contribution in [2.24, 2.45) is 14.1 Å². The highest BCUT2D eigenvalue weighted by Crippen LogP contribution is 2.31. The summed E-state index contributed by atoms with van der Waals surface area (Å²) in [4.78, 5) is 16.5. The van der Waals surface area contributed by atoms with Gasteiger partial charge in [-0.15, -0.1) is 0 Å². The van der Waals surface area contributed by atoms with Gasteiger partial charge in [0.2, 0.25) is 9.84 Å². The molecule has 0 radical (unpaired) electrons. The molecule has 0 atom stereocenters. The van der Waals surface area contributed by atoms with E-state index in [9.17, 15) is 13.2 Å². The fourth-order valence-electron chi connectivity index (χ4n) is 3.23. The van der Waals surface area contributed by atoms with Crippen LogP contribution in [0.25, 0.3) is 22.0 Å². The zero-order chi connectivity index (χ0) is 20.1. The lowest BCUT2D eigenvalue weighted by molar-refractivity contribution is 0.586. The highest BCUT2D eigenvalue weighted by molar-refractivity contribution is 7.91. The molecule has 0 amide bonds. The molecule has 0 spiro atoms. The number of fused-ring (bicyclic) bond motifs is 1. The van der Waals surface area contributed by atoms with Crippen LogP contribution in [0.2, 0.25) is 5.02 Å². The number of imidazole rings is 1. The number of rotatable bonds is 3. The molecule has 0 bridgehead atoms. The average molecular weight is 414 g/mol. The molecule has 4 rings (SSSR count). The molecule has 0 aliphatic carbocycles. The first kappa shape index (κ1) is 18.5. The molecule has 0 fully saturated rings. The fourth-order valence-corrected chi connectivity index (χ4v) is 4.80. The average Bonchev–Trinajstić information content (AvgIpc) is 3.11. The highest BCUT2D eigenvalue weighted by Gasteiger charge is 2.22. The van der Waals surface area contributed by atoms with E-state index in [1.54, 1.807) is 44.4 Å². The van der Waals surface area contributed by atoms with Crippen molar-refractivity contribution in [1.29, 1.82) is 0 Å². The van der Waals surface area contributed by atoms with Crippen molar-refractivity contribution >= 4 is 32.3 Å². The van der Waals surface area contributed by atoms with E-state index >= 15 is 0 Å². The van der Waals surface area contributed by atoms with Crippen molar-refractivity contribution in [2.75, 3.05) is 0 Å². The van der Waals surface area contributed by atoms with Gasteiger partial charge in [0.25, 0.3) is 5.56 Å². The SMILES string of the molecule is Cn1cncc1S(=O)(=O)c1ccc2c(c1)c(-c1cccc(Cl)c1)cc(=O)n2C. The van der Waals surface area contributed by atoms with Crippen LogP contribution < -0.4 is 5.56 Å². The Bertz CT molecular complexity index is 1390. The summed E-state index contributed by atoms with van der Waals surface area (Å²) in [5, 5.41) is 1.28. The largest absolute Gasteiger partial charge is 0.325 e. The number of benzene rings is 2. The van der Waals surface area contributed by atoms with E-state index in [4.69, 9.17) is 11.6 Å². The first-order valence-corrected chi connectivity index (χ1v) is 10.3. The number of halogens is 1. The molecule has 8 heteroatoms. The molecule has 0 saturated carbocycles. The van der Waals surface area contributed by atoms with Crippen LogP contribution in [0.4, 0.5) is 0 Å². The Morgan fingerprint density at radius 2 is 1.82 bits per heavy atom. The smallest absolute Gasteiger partial charge is 0.251 e. The van der Waals surface area contributed by atoms with Crippen LogP contribution in [0.1, 0.15) is 0 Å². The second-order valence-electron chi connectivity index (χ2n) is 6.49. The van der Waals surface area contributed by atoms with Gasteiger partial charge in [0.05, 0.1) is 22.9 Å². The molecule has 2 heterocycles. The summed E-state index contributed by atoms with van der Waals surface area (Å²) >= 11 is 6.12. The summed E-state index contributed by atoms with van der Waals surface area (Å²) in [7, 11) is -0.479. The van der Waals surface area contributed by atoms with Crippen LogP contribution >= 0.6 is 11.6 Å². The van der Waals surface area contributed by atoms with E-state index in [1.807, 2.05) is 6.07 Å². The maximum atomic E-state index is 13.1. The van der Waals surface area contributed by atoms with Crippen molar-refractivity contribution in [2.45, 2.75) is 9.92 Å². The standard InChI is InChI=1S/C20H16ClN3O3S/c1-23-12-22-11-20(23)28(26,27)15-6-7-18-17(9-15)16(10-19(25)24(18)2)13-4-3-5-14(21)8-13/h3-12H,1-2H3. The molecule has 0 N–H and O–H groups in total. The Labute approximate surface area is 166 Å². The molecule has 2 aromatic carbocycles. The molecule has 0 saturated heterocycles. The highest BCUT2D eigenvalue weighted by atomic mass is 35.5. The molecule has 0 aliphatic heterocycles. The van der Waals surface area contributed by atoms with Gasteiger partial charge in [-0.05, 0) is 41.5 Å². The Kier molecular flexibility index (Phi) is 4.36. The predicted molar refractivity (Wildman–Crippen MR) is 108 cm³/mol. The lowest BCUT2D eigenvalue weighted by atomic mass is 10.0. The summed E-state index contributed by atoms with van der Waals surface area (Å²) in [6.07, 6.45) is 2.76. The third-order valence-electron chi connectivity index (χ3n) is 4.71. The second kappa shape index (κ2) is 6.61. The number of hydrogen-bond donors (Lipinski definition) is 0. The minimum Gasteiger partial charge on any atom is -0.325 e. The Hall–Kier alpha value is -2.90. The monoisotopic (exact) mass is 413 g/mol. The van der Waals surface area contributed by atoms with Crippen LogP contribution in [0.3, 0.4) is 0 Å². The molecule has 142 valence electrons. The minimum atomic E-state index is -3.76. The molecule has 28 heavy (non-hydrogen) atoms. The summed E-state index contributed by atoms with van der Waals surface area (Å²) in [6, 6.07) is 13.4. The summed E-state index contributed by atoms with van der Waals surface area (Å²) < 4.78 is 29.1. The van der Waals surface area contributed by atoms with Crippen molar-refractivity contribution in [3.8, 4) is 11.1 Å². The topological polar surface area (TPSA) is 74.0 Å². The summed E-state index contributed by atoms with van der Waals surface area (Å²) in [5.74, 6) is 0. The molecule has 6 nitrogen and oxygen atoms in total. The maximum Gasteiger partial charge on any atom is 0.251 e. The maximum absolute atomic E-state index is 13.1.